The Hall–Kier alpha value is -3.16. The van der Waals surface area contributed by atoms with Gasteiger partial charge in [0.15, 0.2) is 11.2 Å². The number of carbonyl (C=O) groups is 1. The van der Waals surface area contributed by atoms with E-state index < -0.39 is 11.2 Å². The van der Waals surface area contributed by atoms with E-state index >= 15 is 0 Å². The fraction of sp³-hybridized carbons (Fsp3) is 0.200. The zero-order valence-corrected chi connectivity index (χ0v) is 12.8. The summed E-state index contributed by atoms with van der Waals surface area (Å²) in [6.45, 7) is 0. The van der Waals surface area contributed by atoms with Gasteiger partial charge in [0.05, 0.1) is 0 Å². The smallest absolute Gasteiger partial charge is 0.332 e. The first-order chi connectivity index (χ1) is 10.9. The van der Waals surface area contributed by atoms with Crippen LogP contribution in [0.3, 0.4) is 0 Å². The zero-order valence-electron chi connectivity index (χ0n) is 12.8. The molecule has 0 radical (unpaired) electrons. The Morgan fingerprint density at radius 3 is 2.26 bits per heavy atom. The average molecular weight is 314 g/mol. The van der Waals surface area contributed by atoms with E-state index in [0.717, 1.165) is 10.9 Å². The molecule has 3 rings (SSSR count). The fourth-order valence-electron chi connectivity index (χ4n) is 2.31. The lowest BCUT2D eigenvalue weighted by Crippen LogP contribution is -2.37. The maximum absolute atomic E-state index is 12.3. The van der Waals surface area contributed by atoms with Crippen LogP contribution in [0.2, 0.25) is 0 Å². The van der Waals surface area contributed by atoms with Gasteiger partial charge in [0.1, 0.15) is 12.0 Å². The maximum Gasteiger partial charge on any atom is 0.332 e. The minimum atomic E-state index is -0.456. The molecule has 1 aromatic carbocycles. The summed E-state index contributed by atoms with van der Waals surface area (Å²) in [6, 6.07) is 6.65. The Morgan fingerprint density at radius 1 is 1.00 bits per heavy atom. The Morgan fingerprint density at radius 2 is 1.65 bits per heavy atom. The van der Waals surface area contributed by atoms with Gasteiger partial charge >= 0.3 is 11.7 Å². The minimum absolute atomic E-state index is 0.178. The third kappa shape index (κ3) is 2.24. The van der Waals surface area contributed by atoms with Crippen molar-refractivity contribution in [3.8, 4) is 11.8 Å². The molecule has 118 valence electrons. The van der Waals surface area contributed by atoms with Crippen LogP contribution in [-0.2, 0) is 21.1 Å². The predicted octanol–water partition coefficient (Wildman–Crippen LogP) is 0.575. The summed E-state index contributed by atoms with van der Waals surface area (Å²) < 4.78 is 9.46. The number of rotatable bonds is 3. The van der Waals surface area contributed by atoms with Gasteiger partial charge in [0.25, 0.3) is 5.56 Å². The second-order valence-electron chi connectivity index (χ2n) is 5.12. The van der Waals surface area contributed by atoms with Crippen molar-refractivity contribution in [2.45, 2.75) is 0 Å². The van der Waals surface area contributed by atoms with Crippen LogP contribution in [0.15, 0.2) is 33.9 Å². The Bertz CT molecular complexity index is 1020. The summed E-state index contributed by atoms with van der Waals surface area (Å²) in [5.74, 6) is 0.468. The van der Waals surface area contributed by atoms with Crippen molar-refractivity contribution in [1.82, 2.24) is 18.7 Å². The van der Waals surface area contributed by atoms with Gasteiger partial charge in [-0.1, -0.05) is 0 Å². The molecule has 0 aliphatic heterocycles. The molecule has 2 aromatic heterocycles. The fourth-order valence-corrected chi connectivity index (χ4v) is 2.31. The normalized spacial score (nSPS) is 10.9. The van der Waals surface area contributed by atoms with E-state index in [1.54, 1.807) is 38.4 Å². The summed E-state index contributed by atoms with van der Waals surface area (Å²) >= 11 is 0. The number of aryl methyl sites for hydroxylation is 2. The molecule has 0 aliphatic carbocycles. The van der Waals surface area contributed by atoms with Gasteiger partial charge in [-0.25, -0.2) is 4.79 Å². The first-order valence-corrected chi connectivity index (χ1v) is 6.79. The van der Waals surface area contributed by atoms with Crippen molar-refractivity contribution in [3.05, 3.63) is 50.7 Å². The second-order valence-corrected chi connectivity index (χ2v) is 5.12. The lowest BCUT2D eigenvalue weighted by molar-refractivity contribution is 0.112. The number of hydrogen-bond donors (Lipinski definition) is 0. The first-order valence-electron chi connectivity index (χ1n) is 6.79. The van der Waals surface area contributed by atoms with Crippen LogP contribution in [0.5, 0.6) is 11.8 Å². The molecule has 8 heteroatoms. The molecule has 0 amide bonds. The molecule has 0 fully saturated rings. The van der Waals surface area contributed by atoms with Crippen molar-refractivity contribution in [1.29, 1.82) is 0 Å². The van der Waals surface area contributed by atoms with E-state index in [0.29, 0.717) is 11.3 Å². The lowest BCUT2D eigenvalue weighted by atomic mass is 10.2. The van der Waals surface area contributed by atoms with Crippen molar-refractivity contribution in [2.75, 3.05) is 0 Å². The summed E-state index contributed by atoms with van der Waals surface area (Å²) in [7, 11) is 4.59. The van der Waals surface area contributed by atoms with E-state index in [1.165, 1.54) is 16.2 Å². The topological polar surface area (TPSA) is 88.1 Å². The van der Waals surface area contributed by atoms with Crippen LogP contribution in [0.1, 0.15) is 10.4 Å². The van der Waals surface area contributed by atoms with E-state index in [4.69, 9.17) is 4.74 Å². The predicted molar refractivity (Wildman–Crippen MR) is 83.1 cm³/mol. The molecule has 23 heavy (non-hydrogen) atoms. The summed E-state index contributed by atoms with van der Waals surface area (Å²) in [6.07, 6.45) is 0.734. The number of carbonyl (C=O) groups excluding carboxylic acids is 1. The molecule has 0 unspecified atom stereocenters. The highest BCUT2D eigenvalue weighted by atomic mass is 16.5. The molecule has 3 aromatic rings. The second kappa shape index (κ2) is 5.24. The van der Waals surface area contributed by atoms with Gasteiger partial charge in [0, 0.05) is 26.7 Å². The average Bonchev–Trinajstić information content (AvgIpc) is 2.88. The molecule has 0 atom stereocenters. The number of aldehydes is 1. The number of imidazole rings is 1. The van der Waals surface area contributed by atoms with Gasteiger partial charge in [-0.05, 0) is 24.3 Å². The van der Waals surface area contributed by atoms with Crippen molar-refractivity contribution >= 4 is 17.5 Å². The number of ether oxygens (including phenoxy) is 1. The van der Waals surface area contributed by atoms with Crippen LogP contribution in [0, 0.1) is 0 Å². The molecule has 0 spiro atoms. The van der Waals surface area contributed by atoms with E-state index in [2.05, 4.69) is 4.98 Å². The van der Waals surface area contributed by atoms with Gasteiger partial charge in [0.2, 0.25) is 0 Å². The highest BCUT2D eigenvalue weighted by Gasteiger charge is 2.18. The third-order valence-corrected chi connectivity index (χ3v) is 3.66. The molecule has 0 bridgehead atoms. The summed E-state index contributed by atoms with van der Waals surface area (Å²) in [5, 5.41) is 0. The summed E-state index contributed by atoms with van der Waals surface area (Å²) in [4.78, 5) is 39.1. The lowest BCUT2D eigenvalue weighted by Gasteiger charge is -2.05. The van der Waals surface area contributed by atoms with Crippen molar-refractivity contribution in [3.63, 3.8) is 0 Å². The van der Waals surface area contributed by atoms with E-state index in [1.807, 2.05) is 0 Å². The minimum Gasteiger partial charge on any atom is -0.425 e. The summed E-state index contributed by atoms with van der Waals surface area (Å²) in [5.41, 5.74) is 0.152. The molecule has 8 nitrogen and oxygen atoms in total. The number of fused-ring (bicyclic) bond motifs is 1. The van der Waals surface area contributed by atoms with Gasteiger partial charge in [-0.3, -0.25) is 23.3 Å². The number of hydrogen-bond acceptors (Lipinski definition) is 5. The zero-order chi connectivity index (χ0) is 16.7. The van der Waals surface area contributed by atoms with Crippen LogP contribution in [-0.4, -0.2) is 25.0 Å². The van der Waals surface area contributed by atoms with E-state index in [-0.39, 0.29) is 17.2 Å². The number of benzene rings is 1. The maximum atomic E-state index is 12.3. The Balaban J connectivity index is 2.15. The van der Waals surface area contributed by atoms with Crippen molar-refractivity contribution in [2.24, 2.45) is 21.1 Å². The van der Waals surface area contributed by atoms with Crippen LogP contribution < -0.4 is 16.0 Å². The Labute approximate surface area is 130 Å². The van der Waals surface area contributed by atoms with Crippen LogP contribution in [0.4, 0.5) is 0 Å². The SMILES string of the molecule is Cn1c(=O)c2c(nc(Oc3ccc(C=O)cc3)n2C)n(C)c1=O. The van der Waals surface area contributed by atoms with Crippen molar-refractivity contribution < 1.29 is 9.53 Å². The molecular weight excluding hydrogens is 300 g/mol. The highest BCUT2D eigenvalue weighted by molar-refractivity contribution is 5.75. The standard InChI is InChI=1S/C15H14N4O4/c1-17-11-12(18(2)15(22)19(3)13(11)21)16-14(17)23-10-6-4-9(8-20)5-7-10/h4-8H,1-3H3. The molecule has 0 saturated carbocycles. The molecule has 0 N–H and O–H groups in total. The van der Waals surface area contributed by atoms with Gasteiger partial charge in [-0.15, -0.1) is 0 Å². The molecule has 0 saturated heterocycles. The van der Waals surface area contributed by atoms with Gasteiger partial charge in [-0.2, -0.15) is 4.98 Å². The number of nitrogens with zero attached hydrogens (tertiary/aromatic N) is 4. The number of aromatic nitrogens is 4. The highest BCUT2D eigenvalue weighted by Crippen LogP contribution is 2.22. The van der Waals surface area contributed by atoms with Gasteiger partial charge < -0.3 is 4.74 Å². The third-order valence-electron chi connectivity index (χ3n) is 3.66. The monoisotopic (exact) mass is 314 g/mol. The first kappa shape index (κ1) is 14.8. The van der Waals surface area contributed by atoms with E-state index in [9.17, 15) is 14.4 Å². The van der Waals surface area contributed by atoms with Crippen LogP contribution in [0.25, 0.3) is 11.2 Å². The molecule has 2 heterocycles. The Kier molecular flexibility index (Phi) is 3.36. The van der Waals surface area contributed by atoms with Crippen LogP contribution >= 0.6 is 0 Å². The quantitative estimate of drug-likeness (QED) is 0.660. The largest absolute Gasteiger partial charge is 0.425 e. The molecular formula is C15H14N4O4. The molecule has 0 aliphatic rings.